The van der Waals surface area contributed by atoms with Gasteiger partial charge < -0.3 is 14.2 Å². The molecule has 0 spiro atoms. The zero-order chi connectivity index (χ0) is 23.4. The third kappa shape index (κ3) is 5.57. The van der Waals surface area contributed by atoms with E-state index in [0.29, 0.717) is 44.9 Å². The van der Waals surface area contributed by atoms with E-state index in [2.05, 4.69) is 26.0 Å². The van der Waals surface area contributed by atoms with Crippen molar-refractivity contribution in [1.82, 2.24) is 4.90 Å². The molecule has 0 unspecified atom stereocenters. The molecule has 1 aliphatic rings. The van der Waals surface area contributed by atoms with Crippen molar-refractivity contribution in [2.24, 2.45) is 0 Å². The number of amides is 1. The summed E-state index contributed by atoms with van der Waals surface area (Å²) in [5, 5.41) is 0.390. The van der Waals surface area contributed by atoms with Crippen molar-refractivity contribution in [3.63, 3.8) is 0 Å². The first-order valence-electron chi connectivity index (χ1n) is 10.2. The van der Waals surface area contributed by atoms with Crippen molar-refractivity contribution in [2.45, 2.75) is 26.7 Å². The molecular weight excluding hydrogens is 466 g/mol. The van der Waals surface area contributed by atoms with Crippen LogP contribution in [0.15, 0.2) is 35.2 Å². The summed E-state index contributed by atoms with van der Waals surface area (Å²) >= 11 is 12.9. The highest BCUT2D eigenvalue weighted by Gasteiger charge is 2.28. The molecule has 32 heavy (non-hydrogen) atoms. The zero-order valence-electron chi connectivity index (χ0n) is 18.7. The van der Waals surface area contributed by atoms with Crippen LogP contribution in [0.4, 0.5) is 0 Å². The Bertz CT molecular complexity index is 1070. The largest absolute Gasteiger partial charge is 0.493 e. The Morgan fingerprint density at radius 2 is 1.88 bits per heavy atom. The topological polar surface area (TPSA) is 48.0 Å². The first-order chi connectivity index (χ1) is 15.2. The average Bonchev–Trinajstić information content (AvgIpc) is 2.98. The van der Waals surface area contributed by atoms with Crippen LogP contribution in [-0.4, -0.2) is 42.5 Å². The van der Waals surface area contributed by atoms with Gasteiger partial charge in [-0.25, -0.2) is 0 Å². The predicted molar refractivity (Wildman–Crippen MR) is 135 cm³/mol. The molecule has 0 bridgehead atoms. The molecule has 2 aromatic rings. The van der Waals surface area contributed by atoms with E-state index in [9.17, 15) is 4.79 Å². The lowest BCUT2D eigenvalue weighted by molar-refractivity contribution is -0.121. The number of aryl methyl sites for hydroxylation is 1. The third-order valence-corrected chi connectivity index (χ3v) is 6.68. The highest BCUT2D eigenvalue weighted by atomic mass is 35.5. The van der Waals surface area contributed by atoms with Gasteiger partial charge in [-0.05, 0) is 53.8 Å². The Morgan fingerprint density at radius 3 is 2.50 bits per heavy atom. The monoisotopic (exact) mass is 491 g/mol. The summed E-state index contributed by atoms with van der Waals surface area (Å²) in [5.41, 5.74) is 3.03. The molecule has 1 saturated heterocycles. The smallest absolute Gasteiger partial charge is 0.265 e. The summed E-state index contributed by atoms with van der Waals surface area (Å²) in [6, 6.07) is 9.74. The Morgan fingerprint density at radius 1 is 1.16 bits per heavy atom. The van der Waals surface area contributed by atoms with E-state index in [0.717, 1.165) is 22.4 Å². The van der Waals surface area contributed by atoms with Crippen LogP contribution < -0.4 is 14.2 Å². The average molecular weight is 492 g/mol. The summed E-state index contributed by atoms with van der Waals surface area (Å²) in [4.78, 5) is 14.2. The number of ether oxygens (including phenoxy) is 3. The van der Waals surface area contributed by atoms with Crippen LogP contribution in [0.25, 0.3) is 6.08 Å². The van der Waals surface area contributed by atoms with Crippen LogP contribution in [0.1, 0.15) is 36.5 Å². The van der Waals surface area contributed by atoms with Crippen LogP contribution in [0.3, 0.4) is 0 Å². The number of thiocarbonyl (C=S) groups is 1. The fourth-order valence-corrected chi connectivity index (χ4v) is 4.65. The molecule has 8 heteroatoms. The van der Waals surface area contributed by atoms with E-state index in [1.165, 1.54) is 16.7 Å². The molecule has 1 aliphatic heterocycles. The van der Waals surface area contributed by atoms with Gasteiger partial charge in [-0.15, -0.1) is 0 Å². The molecule has 3 rings (SSSR count). The summed E-state index contributed by atoms with van der Waals surface area (Å²) in [6.07, 6.45) is 1.75. The van der Waals surface area contributed by atoms with E-state index in [1.807, 2.05) is 13.0 Å². The van der Waals surface area contributed by atoms with Crippen LogP contribution in [0, 0.1) is 6.92 Å². The zero-order valence-corrected chi connectivity index (χ0v) is 21.1. The van der Waals surface area contributed by atoms with Crippen molar-refractivity contribution < 1.29 is 19.0 Å². The maximum Gasteiger partial charge on any atom is 0.265 e. The highest BCUT2D eigenvalue weighted by molar-refractivity contribution is 8.26. The van der Waals surface area contributed by atoms with Crippen molar-refractivity contribution in [1.29, 1.82) is 0 Å². The van der Waals surface area contributed by atoms with E-state index in [1.54, 1.807) is 32.4 Å². The van der Waals surface area contributed by atoms with E-state index < -0.39 is 0 Å². The first kappa shape index (κ1) is 24.4. The summed E-state index contributed by atoms with van der Waals surface area (Å²) in [7, 11) is 3.21. The molecule has 170 valence electrons. The Kier molecular flexibility index (Phi) is 8.09. The van der Waals surface area contributed by atoms with E-state index in [-0.39, 0.29) is 5.91 Å². The molecule has 1 heterocycles. The highest BCUT2D eigenvalue weighted by Crippen LogP contribution is 2.39. The lowest BCUT2D eigenvalue weighted by atomic mass is 10.0. The molecular formula is C24H26ClNO4S2. The predicted octanol–water partition coefficient (Wildman–Crippen LogP) is 6.07. The van der Waals surface area contributed by atoms with Crippen molar-refractivity contribution in [2.75, 3.05) is 27.4 Å². The molecule has 2 aromatic carbocycles. The quantitative estimate of drug-likeness (QED) is 0.254. The minimum absolute atomic E-state index is 0.135. The van der Waals surface area contributed by atoms with Gasteiger partial charge in [-0.2, -0.15) is 0 Å². The second-order valence-electron chi connectivity index (χ2n) is 7.67. The van der Waals surface area contributed by atoms with Crippen LogP contribution in [0.5, 0.6) is 17.2 Å². The minimum Gasteiger partial charge on any atom is -0.493 e. The third-order valence-electron chi connectivity index (χ3n) is 4.91. The van der Waals surface area contributed by atoms with Gasteiger partial charge in [-0.1, -0.05) is 61.6 Å². The Hall–Kier alpha value is -2.22. The number of carbonyl (C=O) groups excluding carboxylic acids is 1. The number of hydrogen-bond donors (Lipinski definition) is 0. The SMILES string of the molecule is COc1cc(/C=C2\SC(=S)N(C)C2=O)cc(Cl)c1OCCOc1cc(C)ccc1C(C)C. The minimum atomic E-state index is -0.135. The number of benzene rings is 2. The molecule has 0 saturated carbocycles. The standard InChI is InChI=1S/C24H26ClNO4S2/c1-14(2)17-7-6-15(3)10-19(17)29-8-9-30-22-18(25)11-16(12-20(22)28-5)13-21-23(27)26(4)24(31)32-21/h6-7,10-14H,8-9H2,1-5H3/b21-13-. The maximum absolute atomic E-state index is 12.3. The fourth-order valence-electron chi connectivity index (χ4n) is 3.20. The van der Waals surface area contributed by atoms with Gasteiger partial charge in [0.25, 0.3) is 5.91 Å². The van der Waals surface area contributed by atoms with Crippen LogP contribution in [-0.2, 0) is 4.79 Å². The molecule has 0 atom stereocenters. The fraction of sp³-hybridized carbons (Fsp3) is 0.333. The molecule has 1 amide bonds. The maximum atomic E-state index is 12.3. The molecule has 0 aromatic heterocycles. The summed E-state index contributed by atoms with van der Waals surface area (Å²) in [6.45, 7) is 6.98. The second-order valence-corrected chi connectivity index (χ2v) is 9.75. The van der Waals surface area contributed by atoms with Crippen molar-refractivity contribution in [3.05, 3.63) is 56.9 Å². The molecule has 0 radical (unpaired) electrons. The normalized spacial score (nSPS) is 15.1. The van der Waals surface area contributed by atoms with Gasteiger partial charge in [-0.3, -0.25) is 9.69 Å². The molecule has 5 nitrogen and oxygen atoms in total. The van der Waals surface area contributed by atoms with Gasteiger partial charge in [0, 0.05) is 7.05 Å². The number of nitrogens with zero attached hydrogens (tertiary/aromatic N) is 1. The molecule has 0 N–H and O–H groups in total. The lowest BCUT2D eigenvalue weighted by Gasteiger charge is -2.16. The van der Waals surface area contributed by atoms with E-state index in [4.69, 9.17) is 38.0 Å². The number of rotatable bonds is 8. The first-order valence-corrected chi connectivity index (χ1v) is 11.8. The Balaban J connectivity index is 1.70. The van der Waals surface area contributed by atoms with Crippen LogP contribution in [0.2, 0.25) is 5.02 Å². The van der Waals surface area contributed by atoms with Gasteiger partial charge in [0.1, 0.15) is 23.3 Å². The van der Waals surface area contributed by atoms with Gasteiger partial charge in [0.05, 0.1) is 17.0 Å². The number of methoxy groups -OCH3 is 1. The lowest BCUT2D eigenvalue weighted by Crippen LogP contribution is -2.22. The molecule has 1 fully saturated rings. The second kappa shape index (κ2) is 10.6. The Labute approximate surface area is 203 Å². The number of likely N-dealkylation sites (N-methyl/N-ethyl adjacent to an activating group) is 1. The van der Waals surface area contributed by atoms with Gasteiger partial charge in [0.15, 0.2) is 11.5 Å². The number of carbonyl (C=O) groups is 1. The van der Waals surface area contributed by atoms with Crippen molar-refractivity contribution in [3.8, 4) is 17.2 Å². The van der Waals surface area contributed by atoms with Crippen molar-refractivity contribution >= 4 is 51.9 Å². The van der Waals surface area contributed by atoms with E-state index >= 15 is 0 Å². The van der Waals surface area contributed by atoms with Crippen LogP contribution >= 0.6 is 35.6 Å². The number of halogens is 1. The number of hydrogen-bond acceptors (Lipinski definition) is 6. The molecule has 0 aliphatic carbocycles. The van der Waals surface area contributed by atoms with Gasteiger partial charge in [0.2, 0.25) is 0 Å². The summed E-state index contributed by atoms with van der Waals surface area (Å²) in [5.74, 6) is 2.01. The summed E-state index contributed by atoms with van der Waals surface area (Å²) < 4.78 is 17.9. The van der Waals surface area contributed by atoms with Gasteiger partial charge >= 0.3 is 0 Å². The number of thioether (sulfide) groups is 1.